The predicted octanol–water partition coefficient (Wildman–Crippen LogP) is 1.78. The van der Waals surface area contributed by atoms with Gasteiger partial charge in [0.1, 0.15) is 0 Å². The molecular formula is C13H29NO2. The molecule has 0 aliphatic rings. The van der Waals surface area contributed by atoms with Crippen molar-refractivity contribution in [3.63, 3.8) is 0 Å². The molecule has 2 atom stereocenters. The number of hydrogen-bond donors (Lipinski definition) is 3. The number of aliphatic hydroxyl groups is 2. The zero-order valence-electron chi connectivity index (χ0n) is 11.1. The average molecular weight is 231 g/mol. The van der Waals surface area contributed by atoms with Crippen molar-refractivity contribution in [1.82, 2.24) is 5.32 Å². The topological polar surface area (TPSA) is 52.5 Å². The monoisotopic (exact) mass is 231 g/mol. The molecule has 0 radical (unpaired) electrons. The van der Waals surface area contributed by atoms with Gasteiger partial charge in [0, 0.05) is 25.2 Å². The molecule has 0 amide bonds. The molecule has 0 spiro atoms. The maximum atomic E-state index is 9.28. The van der Waals surface area contributed by atoms with Crippen molar-refractivity contribution < 1.29 is 10.2 Å². The molecule has 3 heteroatoms. The molecule has 0 aromatic carbocycles. The van der Waals surface area contributed by atoms with Crippen LogP contribution >= 0.6 is 0 Å². The first-order valence-corrected chi connectivity index (χ1v) is 6.54. The summed E-state index contributed by atoms with van der Waals surface area (Å²) in [6, 6.07) is 0. The van der Waals surface area contributed by atoms with Crippen LogP contribution < -0.4 is 5.32 Å². The normalized spacial score (nSPS) is 17.1. The van der Waals surface area contributed by atoms with Crippen LogP contribution in [0.5, 0.6) is 0 Å². The first-order chi connectivity index (χ1) is 7.61. The molecule has 2 unspecified atom stereocenters. The lowest BCUT2D eigenvalue weighted by Crippen LogP contribution is -2.36. The Hall–Kier alpha value is -0.120. The maximum Gasteiger partial charge on any atom is 0.0496 e. The quantitative estimate of drug-likeness (QED) is 0.537. The lowest BCUT2D eigenvalue weighted by Gasteiger charge is -2.27. The van der Waals surface area contributed by atoms with E-state index in [1.54, 1.807) is 0 Å². The third-order valence-electron chi connectivity index (χ3n) is 3.45. The standard InChI is InChI=1S/C13H29NO2/c1-4-6-12(7-8-15)9-14-10-13(3,5-2)11-16/h12,14-16H,4-11H2,1-3H3. The second-order valence-corrected chi connectivity index (χ2v) is 5.12. The zero-order chi connectivity index (χ0) is 12.4. The van der Waals surface area contributed by atoms with Gasteiger partial charge >= 0.3 is 0 Å². The third-order valence-corrected chi connectivity index (χ3v) is 3.45. The van der Waals surface area contributed by atoms with Gasteiger partial charge < -0.3 is 15.5 Å². The molecule has 0 saturated heterocycles. The summed E-state index contributed by atoms with van der Waals surface area (Å²) in [6.07, 6.45) is 4.19. The second-order valence-electron chi connectivity index (χ2n) is 5.12. The van der Waals surface area contributed by atoms with Gasteiger partial charge in [-0.25, -0.2) is 0 Å². The Morgan fingerprint density at radius 3 is 2.31 bits per heavy atom. The molecule has 3 nitrogen and oxygen atoms in total. The lowest BCUT2D eigenvalue weighted by atomic mass is 9.88. The molecule has 0 saturated carbocycles. The van der Waals surface area contributed by atoms with Crippen LogP contribution in [0.2, 0.25) is 0 Å². The minimum Gasteiger partial charge on any atom is -0.396 e. The van der Waals surface area contributed by atoms with Crippen molar-refractivity contribution >= 4 is 0 Å². The SMILES string of the molecule is CCCC(CCO)CNCC(C)(CC)CO. The highest BCUT2D eigenvalue weighted by molar-refractivity contribution is 4.75. The zero-order valence-corrected chi connectivity index (χ0v) is 11.1. The van der Waals surface area contributed by atoms with E-state index in [4.69, 9.17) is 5.11 Å². The van der Waals surface area contributed by atoms with Crippen LogP contribution in [-0.4, -0.2) is 36.5 Å². The third kappa shape index (κ3) is 6.46. The van der Waals surface area contributed by atoms with E-state index in [2.05, 4.69) is 26.1 Å². The molecule has 3 N–H and O–H groups in total. The van der Waals surface area contributed by atoms with Crippen LogP contribution in [0, 0.1) is 11.3 Å². The molecule has 98 valence electrons. The highest BCUT2D eigenvalue weighted by atomic mass is 16.3. The van der Waals surface area contributed by atoms with E-state index in [0.717, 1.165) is 38.8 Å². The van der Waals surface area contributed by atoms with E-state index in [0.29, 0.717) is 5.92 Å². The van der Waals surface area contributed by atoms with E-state index in [1.165, 1.54) is 0 Å². The Bertz CT molecular complexity index is 152. The van der Waals surface area contributed by atoms with Crippen molar-refractivity contribution in [2.75, 3.05) is 26.3 Å². The van der Waals surface area contributed by atoms with Gasteiger partial charge in [0.15, 0.2) is 0 Å². The molecule has 16 heavy (non-hydrogen) atoms. The fraction of sp³-hybridized carbons (Fsp3) is 1.00. The van der Waals surface area contributed by atoms with Crippen molar-refractivity contribution in [3.8, 4) is 0 Å². The average Bonchev–Trinajstić information content (AvgIpc) is 2.29. The van der Waals surface area contributed by atoms with Crippen LogP contribution in [0.4, 0.5) is 0 Å². The summed E-state index contributed by atoms with van der Waals surface area (Å²) in [5, 5.41) is 21.7. The van der Waals surface area contributed by atoms with E-state index in [9.17, 15) is 5.11 Å². The van der Waals surface area contributed by atoms with Crippen molar-refractivity contribution in [2.45, 2.75) is 46.5 Å². The second kappa shape index (κ2) is 8.97. The van der Waals surface area contributed by atoms with E-state index >= 15 is 0 Å². The van der Waals surface area contributed by atoms with Gasteiger partial charge in [-0.1, -0.05) is 27.2 Å². The number of hydrogen-bond acceptors (Lipinski definition) is 3. The fourth-order valence-electron chi connectivity index (χ4n) is 1.81. The lowest BCUT2D eigenvalue weighted by molar-refractivity contribution is 0.133. The van der Waals surface area contributed by atoms with Gasteiger partial charge in [0.2, 0.25) is 0 Å². The molecule has 0 aromatic rings. The molecular weight excluding hydrogens is 202 g/mol. The Balaban J connectivity index is 3.83. The number of rotatable bonds is 10. The summed E-state index contributed by atoms with van der Waals surface area (Å²) in [4.78, 5) is 0. The summed E-state index contributed by atoms with van der Waals surface area (Å²) in [5.74, 6) is 0.565. The van der Waals surface area contributed by atoms with Crippen LogP contribution in [0.3, 0.4) is 0 Å². The van der Waals surface area contributed by atoms with Crippen molar-refractivity contribution in [2.24, 2.45) is 11.3 Å². The maximum absolute atomic E-state index is 9.28. The first-order valence-electron chi connectivity index (χ1n) is 6.54. The summed E-state index contributed by atoms with van der Waals surface area (Å²) in [7, 11) is 0. The van der Waals surface area contributed by atoms with Crippen LogP contribution in [0.25, 0.3) is 0 Å². The van der Waals surface area contributed by atoms with Crippen LogP contribution in [-0.2, 0) is 0 Å². The Morgan fingerprint density at radius 1 is 1.19 bits per heavy atom. The van der Waals surface area contributed by atoms with Gasteiger partial charge in [-0.2, -0.15) is 0 Å². The van der Waals surface area contributed by atoms with Gasteiger partial charge in [0.05, 0.1) is 0 Å². The molecule has 0 fully saturated rings. The smallest absolute Gasteiger partial charge is 0.0496 e. The van der Waals surface area contributed by atoms with Gasteiger partial charge in [-0.05, 0) is 31.7 Å². The highest BCUT2D eigenvalue weighted by Crippen LogP contribution is 2.19. The Morgan fingerprint density at radius 2 is 1.88 bits per heavy atom. The van der Waals surface area contributed by atoms with Gasteiger partial charge in [-0.15, -0.1) is 0 Å². The minimum absolute atomic E-state index is 0.00399. The summed E-state index contributed by atoms with van der Waals surface area (Å²) in [5.41, 5.74) is -0.00399. The van der Waals surface area contributed by atoms with Crippen molar-refractivity contribution in [1.29, 1.82) is 0 Å². The Kier molecular flexibility index (Phi) is 8.90. The predicted molar refractivity (Wildman–Crippen MR) is 68.5 cm³/mol. The molecule has 0 bridgehead atoms. The summed E-state index contributed by atoms with van der Waals surface area (Å²) in [6.45, 7) is 8.69. The van der Waals surface area contributed by atoms with Gasteiger partial charge in [-0.3, -0.25) is 0 Å². The van der Waals surface area contributed by atoms with Gasteiger partial charge in [0.25, 0.3) is 0 Å². The van der Waals surface area contributed by atoms with Crippen molar-refractivity contribution in [3.05, 3.63) is 0 Å². The molecule has 0 heterocycles. The van der Waals surface area contributed by atoms with E-state index in [1.807, 2.05) is 0 Å². The summed E-state index contributed by atoms with van der Waals surface area (Å²) >= 11 is 0. The molecule has 0 aliphatic carbocycles. The van der Waals surface area contributed by atoms with Crippen LogP contribution in [0.1, 0.15) is 46.5 Å². The largest absolute Gasteiger partial charge is 0.396 e. The highest BCUT2D eigenvalue weighted by Gasteiger charge is 2.20. The molecule has 0 rings (SSSR count). The Labute approximate surface area is 100 Å². The van der Waals surface area contributed by atoms with Crippen LogP contribution in [0.15, 0.2) is 0 Å². The van der Waals surface area contributed by atoms with E-state index in [-0.39, 0.29) is 18.6 Å². The fourth-order valence-corrected chi connectivity index (χ4v) is 1.81. The minimum atomic E-state index is -0.00399. The molecule has 0 aromatic heterocycles. The number of nitrogens with one attached hydrogen (secondary N) is 1. The number of aliphatic hydroxyl groups excluding tert-OH is 2. The summed E-state index contributed by atoms with van der Waals surface area (Å²) < 4.78 is 0. The first kappa shape index (κ1) is 15.9. The van der Waals surface area contributed by atoms with E-state index < -0.39 is 0 Å². The molecule has 0 aliphatic heterocycles.